The molecule has 0 saturated heterocycles. The average molecular weight is 197 g/mol. The Morgan fingerprint density at radius 1 is 1.46 bits per heavy atom. The largest absolute Gasteiger partial charge is 0.372 e. The third kappa shape index (κ3) is 1.66. The van der Waals surface area contributed by atoms with Crippen molar-refractivity contribution in [1.29, 1.82) is 0 Å². The van der Waals surface area contributed by atoms with Crippen LogP contribution in [0.3, 0.4) is 0 Å². The molecule has 0 bridgehead atoms. The molecule has 1 aliphatic heterocycles. The number of anilines is 1. The van der Waals surface area contributed by atoms with E-state index in [0.29, 0.717) is 11.3 Å². The van der Waals surface area contributed by atoms with Gasteiger partial charge in [0.1, 0.15) is 5.82 Å². The van der Waals surface area contributed by atoms with Gasteiger partial charge in [0, 0.05) is 10.6 Å². The van der Waals surface area contributed by atoms with Crippen LogP contribution in [0.4, 0.5) is 10.1 Å². The van der Waals surface area contributed by atoms with Crippen LogP contribution in [0.1, 0.15) is 13.8 Å². The molecule has 2 rings (SSSR count). The molecule has 0 fully saturated rings. The second kappa shape index (κ2) is 3.22. The summed E-state index contributed by atoms with van der Waals surface area (Å²) in [5.41, 5.74) is 1.06. The SMILES string of the molecule is CC(C)C1Nc2ccc(F)cc2S1. The summed E-state index contributed by atoms with van der Waals surface area (Å²) in [6.45, 7) is 4.32. The number of rotatable bonds is 1. The van der Waals surface area contributed by atoms with Crippen LogP contribution in [0.25, 0.3) is 0 Å². The predicted octanol–water partition coefficient (Wildman–Crippen LogP) is 3.33. The first-order valence-corrected chi connectivity index (χ1v) is 5.27. The topological polar surface area (TPSA) is 12.0 Å². The van der Waals surface area contributed by atoms with Gasteiger partial charge in [-0.25, -0.2) is 4.39 Å². The Morgan fingerprint density at radius 2 is 2.23 bits per heavy atom. The van der Waals surface area contributed by atoms with Gasteiger partial charge in [-0.3, -0.25) is 0 Å². The van der Waals surface area contributed by atoms with E-state index in [9.17, 15) is 4.39 Å². The number of hydrogen-bond acceptors (Lipinski definition) is 2. The molecule has 1 heterocycles. The van der Waals surface area contributed by atoms with Gasteiger partial charge in [0.2, 0.25) is 0 Å². The average Bonchev–Trinajstić information content (AvgIpc) is 2.46. The van der Waals surface area contributed by atoms with Crippen molar-refractivity contribution in [1.82, 2.24) is 0 Å². The van der Waals surface area contributed by atoms with E-state index in [1.54, 1.807) is 23.9 Å². The lowest BCUT2D eigenvalue weighted by Gasteiger charge is -2.13. The third-order valence-corrected chi connectivity index (χ3v) is 3.61. The van der Waals surface area contributed by atoms with E-state index in [0.717, 1.165) is 10.6 Å². The maximum atomic E-state index is 12.8. The van der Waals surface area contributed by atoms with Crippen molar-refractivity contribution in [3.63, 3.8) is 0 Å². The molecular formula is C10H12FNS. The van der Waals surface area contributed by atoms with Gasteiger partial charge < -0.3 is 5.32 Å². The predicted molar refractivity (Wildman–Crippen MR) is 54.5 cm³/mol. The number of benzene rings is 1. The summed E-state index contributed by atoms with van der Waals surface area (Å²) in [7, 11) is 0. The van der Waals surface area contributed by atoms with Gasteiger partial charge in [0.15, 0.2) is 0 Å². The Morgan fingerprint density at radius 3 is 2.92 bits per heavy atom. The number of fused-ring (bicyclic) bond motifs is 1. The van der Waals surface area contributed by atoms with Crippen LogP contribution in [-0.4, -0.2) is 5.37 Å². The van der Waals surface area contributed by atoms with Gasteiger partial charge in [-0.15, -0.1) is 0 Å². The number of thioether (sulfide) groups is 1. The summed E-state index contributed by atoms with van der Waals surface area (Å²) in [5, 5.41) is 3.74. The van der Waals surface area contributed by atoms with Crippen molar-refractivity contribution in [2.75, 3.05) is 5.32 Å². The first-order valence-electron chi connectivity index (χ1n) is 4.39. The maximum absolute atomic E-state index is 12.8. The second-order valence-corrected chi connectivity index (χ2v) is 4.75. The lowest BCUT2D eigenvalue weighted by Crippen LogP contribution is -2.16. The molecular weight excluding hydrogens is 185 g/mol. The zero-order chi connectivity index (χ0) is 9.42. The van der Waals surface area contributed by atoms with Crippen molar-refractivity contribution >= 4 is 17.4 Å². The molecule has 1 aromatic rings. The Kier molecular flexibility index (Phi) is 2.20. The van der Waals surface area contributed by atoms with Gasteiger partial charge in [-0.2, -0.15) is 0 Å². The van der Waals surface area contributed by atoms with Crippen molar-refractivity contribution < 1.29 is 4.39 Å². The highest BCUT2D eigenvalue weighted by Crippen LogP contribution is 2.41. The summed E-state index contributed by atoms with van der Waals surface area (Å²) < 4.78 is 12.8. The fourth-order valence-electron chi connectivity index (χ4n) is 1.34. The molecule has 0 aliphatic carbocycles. The fourth-order valence-corrected chi connectivity index (χ4v) is 2.50. The van der Waals surface area contributed by atoms with Crippen molar-refractivity contribution in [3.05, 3.63) is 24.0 Å². The first-order chi connectivity index (χ1) is 6.16. The molecule has 1 atom stereocenters. The molecule has 70 valence electrons. The minimum absolute atomic E-state index is 0.155. The lowest BCUT2D eigenvalue weighted by molar-refractivity contribution is 0.624. The summed E-state index contributed by atoms with van der Waals surface area (Å²) in [5.74, 6) is 0.401. The number of nitrogens with one attached hydrogen (secondary N) is 1. The van der Waals surface area contributed by atoms with Crippen molar-refractivity contribution in [2.24, 2.45) is 5.92 Å². The molecule has 0 aromatic heterocycles. The van der Waals surface area contributed by atoms with E-state index in [-0.39, 0.29) is 5.82 Å². The zero-order valence-corrected chi connectivity index (χ0v) is 8.49. The van der Waals surface area contributed by atoms with Crippen LogP contribution in [0, 0.1) is 11.7 Å². The number of halogens is 1. The summed E-state index contributed by atoms with van der Waals surface area (Å²) in [6, 6.07) is 4.89. The Balaban J connectivity index is 2.25. The lowest BCUT2D eigenvalue weighted by atomic mass is 10.2. The fraction of sp³-hybridized carbons (Fsp3) is 0.400. The molecule has 3 heteroatoms. The van der Waals surface area contributed by atoms with E-state index >= 15 is 0 Å². The van der Waals surface area contributed by atoms with Crippen molar-refractivity contribution in [3.8, 4) is 0 Å². The molecule has 0 radical (unpaired) electrons. The van der Waals surface area contributed by atoms with Crippen LogP contribution < -0.4 is 5.32 Å². The molecule has 13 heavy (non-hydrogen) atoms. The molecule has 1 N–H and O–H groups in total. The highest BCUT2D eigenvalue weighted by atomic mass is 32.2. The van der Waals surface area contributed by atoms with Crippen molar-refractivity contribution in [2.45, 2.75) is 24.1 Å². The summed E-state index contributed by atoms with van der Waals surface area (Å²) >= 11 is 1.71. The summed E-state index contributed by atoms with van der Waals surface area (Å²) in [6.07, 6.45) is 0. The van der Waals surface area contributed by atoms with E-state index in [1.807, 2.05) is 0 Å². The summed E-state index contributed by atoms with van der Waals surface area (Å²) in [4.78, 5) is 1.03. The Bertz CT molecular complexity index is 325. The smallest absolute Gasteiger partial charge is 0.124 e. The van der Waals surface area contributed by atoms with E-state index in [1.165, 1.54) is 6.07 Å². The van der Waals surface area contributed by atoms with E-state index in [2.05, 4.69) is 19.2 Å². The van der Waals surface area contributed by atoms with Gasteiger partial charge in [0.25, 0.3) is 0 Å². The van der Waals surface area contributed by atoms with Crippen LogP contribution in [0.15, 0.2) is 23.1 Å². The standard InChI is InChI=1S/C10H12FNS/c1-6(2)10-12-8-4-3-7(11)5-9(8)13-10/h3-6,10,12H,1-2H3. The van der Waals surface area contributed by atoms with E-state index < -0.39 is 0 Å². The van der Waals surface area contributed by atoms with Crippen LogP contribution in [0.2, 0.25) is 0 Å². The molecule has 1 aromatic carbocycles. The molecule has 0 amide bonds. The highest BCUT2D eigenvalue weighted by molar-refractivity contribution is 8.00. The number of hydrogen-bond donors (Lipinski definition) is 1. The van der Waals surface area contributed by atoms with Crippen LogP contribution in [-0.2, 0) is 0 Å². The second-order valence-electron chi connectivity index (χ2n) is 3.57. The molecule has 0 spiro atoms. The first kappa shape index (κ1) is 8.88. The molecule has 1 nitrogen and oxygen atoms in total. The normalized spacial score (nSPS) is 20.2. The zero-order valence-electron chi connectivity index (χ0n) is 7.67. The van der Waals surface area contributed by atoms with E-state index in [4.69, 9.17) is 0 Å². The monoisotopic (exact) mass is 197 g/mol. The Hall–Kier alpha value is -0.700. The minimum Gasteiger partial charge on any atom is -0.372 e. The third-order valence-electron chi connectivity index (χ3n) is 2.10. The molecule has 1 aliphatic rings. The van der Waals surface area contributed by atoms with Gasteiger partial charge in [0.05, 0.1) is 5.37 Å². The van der Waals surface area contributed by atoms with Gasteiger partial charge in [-0.1, -0.05) is 25.6 Å². The molecule has 0 saturated carbocycles. The van der Waals surface area contributed by atoms with Crippen LogP contribution in [0.5, 0.6) is 0 Å². The molecule has 1 unspecified atom stereocenters. The van der Waals surface area contributed by atoms with Gasteiger partial charge >= 0.3 is 0 Å². The Labute approximate surface area is 81.7 Å². The quantitative estimate of drug-likeness (QED) is 0.741. The minimum atomic E-state index is -0.155. The maximum Gasteiger partial charge on any atom is 0.124 e. The highest BCUT2D eigenvalue weighted by Gasteiger charge is 2.23. The van der Waals surface area contributed by atoms with Gasteiger partial charge in [-0.05, 0) is 24.1 Å². The van der Waals surface area contributed by atoms with Crippen LogP contribution >= 0.6 is 11.8 Å².